The maximum absolute atomic E-state index is 6.03. The Bertz CT molecular complexity index is 404. The molecule has 94 valence electrons. The van der Waals surface area contributed by atoms with E-state index in [2.05, 4.69) is 23.7 Å². The number of hydrogen-bond donors (Lipinski definition) is 1. The van der Waals surface area contributed by atoms with Crippen LogP contribution in [0.15, 0.2) is 12.3 Å². The lowest BCUT2D eigenvalue weighted by atomic mass is 9.84. The molecule has 0 spiro atoms. The molecule has 1 aromatic rings. The van der Waals surface area contributed by atoms with E-state index in [1.165, 1.54) is 12.8 Å². The largest absolute Gasteiger partial charge is 0.356 e. The molecule has 0 atom stereocenters. The number of aromatic nitrogens is 1. The van der Waals surface area contributed by atoms with E-state index in [0.717, 1.165) is 24.5 Å². The summed E-state index contributed by atoms with van der Waals surface area (Å²) in [4.78, 5) is 6.75. The molecule has 2 N–H and O–H groups in total. The van der Waals surface area contributed by atoms with Gasteiger partial charge in [-0.15, -0.1) is 0 Å². The summed E-state index contributed by atoms with van der Waals surface area (Å²) < 4.78 is 0. The molecule has 2 heterocycles. The molecule has 0 bridgehead atoms. The molecule has 1 aromatic heterocycles. The fourth-order valence-corrected chi connectivity index (χ4v) is 2.60. The molecule has 3 nitrogen and oxygen atoms in total. The van der Waals surface area contributed by atoms with E-state index < -0.39 is 0 Å². The van der Waals surface area contributed by atoms with E-state index in [1.807, 2.05) is 6.07 Å². The molecule has 1 aliphatic heterocycles. The third-order valence-electron chi connectivity index (χ3n) is 3.36. The van der Waals surface area contributed by atoms with Gasteiger partial charge in [0.1, 0.15) is 5.82 Å². The van der Waals surface area contributed by atoms with E-state index in [-0.39, 0.29) is 0 Å². The van der Waals surface area contributed by atoms with Gasteiger partial charge >= 0.3 is 0 Å². The third-order valence-corrected chi connectivity index (χ3v) is 3.70. The first kappa shape index (κ1) is 12.7. The molecule has 0 unspecified atom stereocenters. The minimum atomic E-state index is 0.364. The molecular weight excluding hydrogens is 234 g/mol. The Kier molecular flexibility index (Phi) is 3.59. The Morgan fingerprint density at radius 1 is 1.53 bits per heavy atom. The van der Waals surface area contributed by atoms with E-state index in [0.29, 0.717) is 17.0 Å². The van der Waals surface area contributed by atoms with Crippen molar-refractivity contribution in [1.29, 1.82) is 0 Å². The molecule has 17 heavy (non-hydrogen) atoms. The second-order valence-electron chi connectivity index (χ2n) is 5.53. The lowest BCUT2D eigenvalue weighted by Gasteiger charge is -2.38. The zero-order valence-corrected chi connectivity index (χ0v) is 11.3. The van der Waals surface area contributed by atoms with Crippen molar-refractivity contribution in [2.75, 3.05) is 18.0 Å². The highest BCUT2D eigenvalue weighted by Gasteiger charge is 2.27. The summed E-state index contributed by atoms with van der Waals surface area (Å²) in [5, 5.41) is 0.660. The molecule has 0 aliphatic carbocycles. The fraction of sp³-hybridized carbons (Fsp3) is 0.615. The number of halogens is 1. The lowest BCUT2D eigenvalue weighted by molar-refractivity contribution is 0.292. The number of hydrogen-bond acceptors (Lipinski definition) is 3. The molecule has 0 radical (unpaired) electrons. The van der Waals surface area contributed by atoms with Crippen molar-refractivity contribution in [2.24, 2.45) is 11.1 Å². The SMILES string of the molecule is CC1(C)CCCN(c2cc(CN)c(Cl)cn2)C1. The highest BCUT2D eigenvalue weighted by molar-refractivity contribution is 6.31. The van der Waals surface area contributed by atoms with Gasteiger partial charge in [0, 0.05) is 25.8 Å². The monoisotopic (exact) mass is 253 g/mol. The van der Waals surface area contributed by atoms with Gasteiger partial charge in [-0.3, -0.25) is 0 Å². The summed E-state index contributed by atoms with van der Waals surface area (Å²) >= 11 is 6.03. The molecule has 0 aromatic carbocycles. The van der Waals surface area contributed by atoms with Crippen LogP contribution in [0.1, 0.15) is 32.3 Å². The third kappa shape index (κ3) is 2.90. The van der Waals surface area contributed by atoms with Gasteiger partial charge < -0.3 is 10.6 Å². The number of anilines is 1. The Morgan fingerprint density at radius 3 is 2.94 bits per heavy atom. The van der Waals surface area contributed by atoms with Crippen LogP contribution in [0.2, 0.25) is 5.02 Å². The van der Waals surface area contributed by atoms with Crippen LogP contribution in [0.25, 0.3) is 0 Å². The second-order valence-corrected chi connectivity index (χ2v) is 5.93. The molecule has 0 amide bonds. The van der Waals surface area contributed by atoms with Crippen molar-refractivity contribution >= 4 is 17.4 Å². The molecule has 2 rings (SSSR count). The highest BCUT2D eigenvalue weighted by atomic mass is 35.5. The number of piperidine rings is 1. The zero-order valence-electron chi connectivity index (χ0n) is 10.5. The quantitative estimate of drug-likeness (QED) is 0.881. The number of rotatable bonds is 2. The Hall–Kier alpha value is -0.800. The topological polar surface area (TPSA) is 42.1 Å². The first-order valence-electron chi connectivity index (χ1n) is 6.11. The van der Waals surface area contributed by atoms with Gasteiger partial charge in [-0.25, -0.2) is 4.98 Å². The maximum atomic E-state index is 6.03. The van der Waals surface area contributed by atoms with Crippen LogP contribution in [-0.2, 0) is 6.54 Å². The summed E-state index contributed by atoms with van der Waals surface area (Å²) in [6, 6.07) is 2.02. The van der Waals surface area contributed by atoms with Crippen LogP contribution in [0, 0.1) is 5.41 Å². The van der Waals surface area contributed by atoms with Crippen LogP contribution < -0.4 is 10.6 Å². The van der Waals surface area contributed by atoms with E-state index in [4.69, 9.17) is 17.3 Å². The average molecular weight is 254 g/mol. The second kappa shape index (κ2) is 4.83. The Balaban J connectivity index is 2.22. The first-order chi connectivity index (χ1) is 8.02. The van der Waals surface area contributed by atoms with Crippen molar-refractivity contribution in [3.05, 3.63) is 22.8 Å². The zero-order chi connectivity index (χ0) is 12.5. The molecule has 1 aliphatic rings. The van der Waals surface area contributed by atoms with Gasteiger partial charge in [0.2, 0.25) is 0 Å². The van der Waals surface area contributed by atoms with E-state index in [1.54, 1.807) is 6.20 Å². The molecule has 0 saturated carbocycles. The van der Waals surface area contributed by atoms with Gasteiger partial charge in [0.15, 0.2) is 0 Å². The predicted molar refractivity (Wildman–Crippen MR) is 72.4 cm³/mol. The van der Waals surface area contributed by atoms with Gasteiger partial charge in [-0.2, -0.15) is 0 Å². The van der Waals surface area contributed by atoms with E-state index in [9.17, 15) is 0 Å². The highest BCUT2D eigenvalue weighted by Crippen LogP contribution is 2.31. The summed E-state index contributed by atoms with van der Waals surface area (Å²) in [6.07, 6.45) is 4.21. The minimum absolute atomic E-state index is 0.364. The van der Waals surface area contributed by atoms with Crippen LogP contribution in [0.3, 0.4) is 0 Å². The van der Waals surface area contributed by atoms with Crippen molar-refractivity contribution in [2.45, 2.75) is 33.2 Å². The number of nitrogens with zero attached hydrogens (tertiary/aromatic N) is 2. The molecule has 4 heteroatoms. The number of nitrogens with two attached hydrogens (primary N) is 1. The van der Waals surface area contributed by atoms with Gasteiger partial charge in [-0.05, 0) is 29.9 Å². The predicted octanol–water partition coefficient (Wildman–Crippen LogP) is 2.82. The molecular formula is C13H20ClN3. The van der Waals surface area contributed by atoms with Gasteiger partial charge in [-0.1, -0.05) is 25.4 Å². The average Bonchev–Trinajstić information content (AvgIpc) is 2.28. The van der Waals surface area contributed by atoms with Crippen LogP contribution in [0.4, 0.5) is 5.82 Å². The van der Waals surface area contributed by atoms with Crippen molar-refractivity contribution < 1.29 is 0 Å². The van der Waals surface area contributed by atoms with Gasteiger partial charge in [0.25, 0.3) is 0 Å². The number of pyridine rings is 1. The van der Waals surface area contributed by atoms with Crippen LogP contribution in [0.5, 0.6) is 0 Å². The standard InChI is InChI=1S/C13H20ClN3/c1-13(2)4-3-5-17(9-13)12-6-10(7-15)11(14)8-16-12/h6,8H,3-5,7,9,15H2,1-2H3. The normalized spacial score (nSPS) is 19.4. The smallest absolute Gasteiger partial charge is 0.128 e. The first-order valence-corrected chi connectivity index (χ1v) is 6.49. The summed E-state index contributed by atoms with van der Waals surface area (Å²) in [5.41, 5.74) is 7.01. The van der Waals surface area contributed by atoms with E-state index >= 15 is 0 Å². The lowest BCUT2D eigenvalue weighted by Crippen LogP contribution is -2.40. The summed E-state index contributed by atoms with van der Waals surface area (Å²) in [5.74, 6) is 1.00. The van der Waals surface area contributed by atoms with Crippen molar-refractivity contribution in [1.82, 2.24) is 4.98 Å². The Labute approximate surface area is 108 Å². The van der Waals surface area contributed by atoms with Crippen molar-refractivity contribution in [3.8, 4) is 0 Å². The minimum Gasteiger partial charge on any atom is -0.356 e. The van der Waals surface area contributed by atoms with Crippen molar-refractivity contribution in [3.63, 3.8) is 0 Å². The molecule has 1 saturated heterocycles. The van der Waals surface area contributed by atoms with Crippen LogP contribution >= 0.6 is 11.6 Å². The summed E-state index contributed by atoms with van der Waals surface area (Å²) in [7, 11) is 0. The maximum Gasteiger partial charge on any atom is 0.128 e. The van der Waals surface area contributed by atoms with Crippen LogP contribution in [-0.4, -0.2) is 18.1 Å². The fourth-order valence-electron chi connectivity index (χ4n) is 2.42. The summed E-state index contributed by atoms with van der Waals surface area (Å²) in [6.45, 7) is 7.19. The Morgan fingerprint density at radius 2 is 2.29 bits per heavy atom. The molecule has 1 fully saturated rings. The van der Waals surface area contributed by atoms with Gasteiger partial charge in [0.05, 0.1) is 5.02 Å².